The molecule has 0 radical (unpaired) electrons. The molecular weight excluding hydrogens is 312 g/mol. The van der Waals surface area contributed by atoms with Gasteiger partial charge in [0.15, 0.2) is 0 Å². The van der Waals surface area contributed by atoms with Crippen LogP contribution in [0.25, 0.3) is 0 Å². The Hall–Kier alpha value is -1.26. The summed E-state index contributed by atoms with van der Waals surface area (Å²) in [4.78, 5) is 12.5. The summed E-state index contributed by atoms with van der Waals surface area (Å²) in [5, 5.41) is 3.13. The van der Waals surface area contributed by atoms with Crippen molar-refractivity contribution in [2.24, 2.45) is 11.7 Å². The van der Waals surface area contributed by atoms with Crippen LogP contribution < -0.4 is 15.8 Å². The van der Waals surface area contributed by atoms with Gasteiger partial charge >= 0.3 is 0 Å². The zero-order valence-corrected chi connectivity index (χ0v) is 15.1. The van der Waals surface area contributed by atoms with Crippen LogP contribution in [0.1, 0.15) is 45.1 Å². The number of methoxy groups -OCH3 is 1. The number of benzene rings is 1. The number of carbonyl (C=O) groups excluding carboxylic acids is 1. The minimum atomic E-state index is -0.377. The molecule has 0 aromatic heterocycles. The molecule has 4 nitrogen and oxygen atoms in total. The van der Waals surface area contributed by atoms with Crippen LogP contribution in [0.4, 0.5) is 0 Å². The Balaban J connectivity index is 0.00000264. The molecule has 3 N–H and O–H groups in total. The molecule has 3 atom stereocenters. The van der Waals surface area contributed by atoms with Gasteiger partial charge < -0.3 is 15.8 Å². The zero-order valence-electron chi connectivity index (χ0n) is 14.3. The van der Waals surface area contributed by atoms with Crippen molar-refractivity contribution in [3.8, 4) is 5.75 Å². The summed E-state index contributed by atoms with van der Waals surface area (Å²) in [5.74, 6) is 0.868. The monoisotopic (exact) mass is 340 g/mol. The molecule has 130 valence electrons. The first-order valence-electron chi connectivity index (χ1n) is 8.14. The van der Waals surface area contributed by atoms with E-state index in [1.54, 1.807) is 7.11 Å². The molecule has 0 heterocycles. The van der Waals surface area contributed by atoms with Gasteiger partial charge in [0.25, 0.3) is 0 Å². The van der Waals surface area contributed by atoms with Gasteiger partial charge in [-0.25, -0.2) is 0 Å². The molecule has 0 saturated heterocycles. The average Bonchev–Trinajstić information content (AvgIpc) is 2.46. The number of amides is 1. The highest BCUT2D eigenvalue weighted by atomic mass is 35.5. The van der Waals surface area contributed by atoms with Crippen LogP contribution in [0.15, 0.2) is 24.3 Å². The van der Waals surface area contributed by atoms with Gasteiger partial charge in [0.2, 0.25) is 5.91 Å². The minimum absolute atomic E-state index is 0. The number of halogens is 1. The Kier molecular flexibility index (Phi) is 7.36. The van der Waals surface area contributed by atoms with Gasteiger partial charge in [0.05, 0.1) is 13.0 Å². The van der Waals surface area contributed by atoms with E-state index in [2.05, 4.69) is 11.4 Å². The van der Waals surface area contributed by atoms with E-state index < -0.39 is 0 Å². The SMILES string of the molecule is COc1cccc(CC(C)NC(=O)C2CCCCC2(C)N)c1.Cl. The summed E-state index contributed by atoms with van der Waals surface area (Å²) in [6, 6.07) is 8.04. The Morgan fingerprint density at radius 2 is 2.22 bits per heavy atom. The third-order valence-corrected chi connectivity index (χ3v) is 4.64. The van der Waals surface area contributed by atoms with Crippen LogP contribution in [-0.4, -0.2) is 24.6 Å². The van der Waals surface area contributed by atoms with Crippen LogP contribution >= 0.6 is 12.4 Å². The standard InChI is InChI=1S/C18H28N2O2.ClH/c1-13(11-14-7-6-8-15(12-14)22-3)20-17(21)16-9-4-5-10-18(16,2)19;/h6-8,12-13,16H,4-5,9-11,19H2,1-3H3,(H,20,21);1H. The third kappa shape index (κ3) is 5.40. The van der Waals surface area contributed by atoms with Crippen molar-refractivity contribution in [2.45, 2.75) is 57.5 Å². The van der Waals surface area contributed by atoms with E-state index in [9.17, 15) is 4.79 Å². The first kappa shape index (κ1) is 19.8. The number of rotatable bonds is 5. The molecule has 1 aliphatic rings. The number of hydrogen-bond donors (Lipinski definition) is 2. The molecule has 3 unspecified atom stereocenters. The Bertz CT molecular complexity index is 519. The number of nitrogens with two attached hydrogens (primary N) is 1. The van der Waals surface area contributed by atoms with E-state index in [4.69, 9.17) is 10.5 Å². The summed E-state index contributed by atoms with van der Waals surface area (Å²) >= 11 is 0. The fourth-order valence-electron chi connectivity index (χ4n) is 3.34. The minimum Gasteiger partial charge on any atom is -0.497 e. The lowest BCUT2D eigenvalue weighted by molar-refractivity contribution is -0.128. The van der Waals surface area contributed by atoms with E-state index >= 15 is 0 Å². The Labute approximate surface area is 145 Å². The fourth-order valence-corrected chi connectivity index (χ4v) is 3.34. The van der Waals surface area contributed by atoms with Crippen molar-refractivity contribution in [3.63, 3.8) is 0 Å². The van der Waals surface area contributed by atoms with Gasteiger partial charge in [-0.05, 0) is 50.8 Å². The second kappa shape index (κ2) is 8.55. The first-order chi connectivity index (χ1) is 10.4. The maximum Gasteiger partial charge on any atom is 0.225 e. The number of nitrogens with one attached hydrogen (secondary N) is 1. The van der Waals surface area contributed by atoms with E-state index in [1.165, 1.54) is 0 Å². The van der Waals surface area contributed by atoms with Crippen molar-refractivity contribution in [2.75, 3.05) is 7.11 Å². The summed E-state index contributed by atoms with van der Waals surface area (Å²) in [5.41, 5.74) is 7.09. The van der Waals surface area contributed by atoms with Crippen LogP contribution in [0.5, 0.6) is 5.75 Å². The highest BCUT2D eigenvalue weighted by molar-refractivity contribution is 5.85. The fraction of sp³-hybridized carbons (Fsp3) is 0.611. The Morgan fingerprint density at radius 3 is 2.87 bits per heavy atom. The predicted molar refractivity (Wildman–Crippen MR) is 96.1 cm³/mol. The molecule has 1 amide bonds. The first-order valence-corrected chi connectivity index (χ1v) is 8.14. The van der Waals surface area contributed by atoms with Gasteiger partial charge in [-0.3, -0.25) is 4.79 Å². The van der Waals surface area contributed by atoms with E-state index in [0.717, 1.165) is 43.4 Å². The third-order valence-electron chi connectivity index (χ3n) is 4.64. The normalized spacial score (nSPS) is 25.1. The summed E-state index contributed by atoms with van der Waals surface area (Å²) in [6.07, 6.45) is 4.82. The molecule has 5 heteroatoms. The molecule has 1 saturated carbocycles. The van der Waals surface area contributed by atoms with E-state index in [1.807, 2.05) is 32.0 Å². The maximum atomic E-state index is 12.5. The molecule has 23 heavy (non-hydrogen) atoms. The van der Waals surface area contributed by atoms with Gasteiger partial charge in [-0.1, -0.05) is 25.0 Å². The van der Waals surface area contributed by atoms with Gasteiger partial charge in [-0.2, -0.15) is 0 Å². The lowest BCUT2D eigenvalue weighted by Crippen LogP contribution is -2.54. The van der Waals surface area contributed by atoms with Gasteiger partial charge in [0, 0.05) is 11.6 Å². The predicted octanol–water partition coefficient (Wildman–Crippen LogP) is 3.07. The molecule has 1 aromatic carbocycles. The second-order valence-corrected chi connectivity index (χ2v) is 6.77. The topological polar surface area (TPSA) is 64.3 Å². The van der Waals surface area contributed by atoms with Crippen LogP contribution in [0, 0.1) is 5.92 Å². The smallest absolute Gasteiger partial charge is 0.225 e. The van der Waals surface area contributed by atoms with Gasteiger partial charge in [-0.15, -0.1) is 12.4 Å². The molecule has 0 bridgehead atoms. The van der Waals surface area contributed by atoms with Crippen molar-refractivity contribution in [1.82, 2.24) is 5.32 Å². The average molecular weight is 341 g/mol. The summed E-state index contributed by atoms with van der Waals surface area (Å²) in [7, 11) is 1.66. The molecule has 2 rings (SSSR count). The van der Waals surface area contributed by atoms with Gasteiger partial charge in [0.1, 0.15) is 5.75 Å². The van der Waals surface area contributed by atoms with Crippen molar-refractivity contribution < 1.29 is 9.53 Å². The molecular formula is C18H29ClN2O2. The molecule has 0 aliphatic heterocycles. The lowest BCUT2D eigenvalue weighted by atomic mass is 9.74. The maximum absolute atomic E-state index is 12.5. The lowest BCUT2D eigenvalue weighted by Gasteiger charge is -2.37. The largest absolute Gasteiger partial charge is 0.497 e. The Morgan fingerprint density at radius 1 is 1.48 bits per heavy atom. The second-order valence-electron chi connectivity index (χ2n) is 6.77. The van der Waals surface area contributed by atoms with Crippen molar-refractivity contribution >= 4 is 18.3 Å². The van der Waals surface area contributed by atoms with E-state index in [-0.39, 0.29) is 35.8 Å². The summed E-state index contributed by atoms with van der Waals surface area (Å²) < 4.78 is 5.24. The quantitative estimate of drug-likeness (QED) is 0.865. The van der Waals surface area contributed by atoms with Crippen LogP contribution in [0.3, 0.4) is 0 Å². The highest BCUT2D eigenvalue weighted by Gasteiger charge is 2.37. The number of carbonyl (C=O) groups is 1. The molecule has 1 aromatic rings. The molecule has 1 fully saturated rings. The van der Waals surface area contributed by atoms with Crippen LogP contribution in [-0.2, 0) is 11.2 Å². The van der Waals surface area contributed by atoms with Crippen molar-refractivity contribution in [1.29, 1.82) is 0 Å². The molecule has 1 aliphatic carbocycles. The zero-order chi connectivity index (χ0) is 16.2. The van der Waals surface area contributed by atoms with Crippen LogP contribution in [0.2, 0.25) is 0 Å². The van der Waals surface area contributed by atoms with Crippen molar-refractivity contribution in [3.05, 3.63) is 29.8 Å². The van der Waals surface area contributed by atoms with E-state index in [0.29, 0.717) is 0 Å². The molecule has 0 spiro atoms. The number of hydrogen-bond acceptors (Lipinski definition) is 3. The highest BCUT2D eigenvalue weighted by Crippen LogP contribution is 2.31. The summed E-state index contributed by atoms with van der Waals surface area (Å²) in [6.45, 7) is 4.04. The number of ether oxygens (including phenoxy) is 1.